The number of anilines is 1. The summed E-state index contributed by atoms with van der Waals surface area (Å²) in [7, 11) is 0. The lowest BCUT2D eigenvalue weighted by Gasteiger charge is -2.13. The molecule has 0 bridgehead atoms. The molecule has 16 heavy (non-hydrogen) atoms. The summed E-state index contributed by atoms with van der Waals surface area (Å²) in [6.45, 7) is 8.29. The van der Waals surface area contributed by atoms with Crippen molar-refractivity contribution >= 4 is 17.4 Å². The van der Waals surface area contributed by atoms with Crippen LogP contribution in [0, 0.1) is 0 Å². The minimum absolute atomic E-state index is 0.0960. The molecular formula is C12H20N2OS. The quantitative estimate of drug-likeness (QED) is 0.802. The number of nitrogens with zero attached hydrogens (tertiary/aromatic N) is 1. The van der Waals surface area contributed by atoms with Gasteiger partial charge in [-0.2, -0.15) is 0 Å². The Labute approximate surface area is 102 Å². The van der Waals surface area contributed by atoms with E-state index in [0.29, 0.717) is 16.8 Å². The molecule has 0 aliphatic heterocycles. The number of hydrogen-bond acceptors (Lipinski definition) is 4. The van der Waals surface area contributed by atoms with Crippen molar-refractivity contribution in [3.8, 4) is 5.88 Å². The summed E-state index contributed by atoms with van der Waals surface area (Å²) in [6, 6.07) is 3.80. The maximum Gasteiger partial charge on any atom is 0.238 e. The van der Waals surface area contributed by atoms with Crippen molar-refractivity contribution in [1.29, 1.82) is 0 Å². The Morgan fingerprint density at radius 3 is 2.62 bits per heavy atom. The van der Waals surface area contributed by atoms with Gasteiger partial charge in [-0.15, -0.1) is 11.8 Å². The van der Waals surface area contributed by atoms with E-state index >= 15 is 0 Å². The molecule has 0 saturated heterocycles. The van der Waals surface area contributed by atoms with E-state index in [9.17, 15) is 0 Å². The van der Waals surface area contributed by atoms with Crippen LogP contribution in [-0.2, 0) is 0 Å². The molecule has 1 atom stereocenters. The van der Waals surface area contributed by atoms with Crippen LogP contribution < -0.4 is 10.5 Å². The van der Waals surface area contributed by atoms with Gasteiger partial charge in [-0.25, -0.2) is 4.98 Å². The third-order valence-electron chi connectivity index (χ3n) is 2.11. The van der Waals surface area contributed by atoms with Gasteiger partial charge in [0.05, 0.1) is 11.8 Å². The largest absolute Gasteiger partial charge is 0.473 e. The Kier molecular flexibility index (Phi) is 4.93. The summed E-state index contributed by atoms with van der Waals surface area (Å²) in [6.07, 6.45) is 1.22. The third kappa shape index (κ3) is 3.93. The molecule has 1 aromatic heterocycles. The van der Waals surface area contributed by atoms with Crippen LogP contribution in [0.1, 0.15) is 34.1 Å². The topological polar surface area (TPSA) is 48.1 Å². The standard InChI is InChI=1S/C12H20N2OS/c1-5-9(4)16-11-7-6-10(13)12(14-11)15-8(2)3/h6-9H,5,13H2,1-4H3. The first-order chi connectivity index (χ1) is 7.52. The summed E-state index contributed by atoms with van der Waals surface area (Å²) in [5.74, 6) is 0.545. The molecule has 90 valence electrons. The number of pyridine rings is 1. The molecule has 0 radical (unpaired) electrons. The first-order valence-corrected chi connectivity index (χ1v) is 6.50. The van der Waals surface area contributed by atoms with Crippen LogP contribution in [0.4, 0.5) is 5.69 Å². The summed E-state index contributed by atoms with van der Waals surface area (Å²) < 4.78 is 5.55. The van der Waals surface area contributed by atoms with Gasteiger partial charge in [0.2, 0.25) is 5.88 Å². The molecule has 0 fully saturated rings. The van der Waals surface area contributed by atoms with Crippen LogP contribution in [0.25, 0.3) is 0 Å². The fourth-order valence-electron chi connectivity index (χ4n) is 1.11. The van der Waals surface area contributed by atoms with Crippen molar-refractivity contribution < 1.29 is 4.74 Å². The second-order valence-corrected chi connectivity index (χ2v) is 5.51. The summed E-state index contributed by atoms with van der Waals surface area (Å²) >= 11 is 1.75. The highest BCUT2D eigenvalue weighted by atomic mass is 32.2. The smallest absolute Gasteiger partial charge is 0.238 e. The Hall–Kier alpha value is -0.900. The number of ether oxygens (including phenoxy) is 1. The molecule has 0 aliphatic rings. The number of thioether (sulfide) groups is 1. The summed E-state index contributed by atoms with van der Waals surface area (Å²) in [5, 5.41) is 1.53. The van der Waals surface area contributed by atoms with Gasteiger partial charge in [-0.1, -0.05) is 13.8 Å². The molecule has 0 saturated carbocycles. The van der Waals surface area contributed by atoms with Crippen molar-refractivity contribution in [3.05, 3.63) is 12.1 Å². The minimum atomic E-state index is 0.0960. The highest BCUT2D eigenvalue weighted by Gasteiger charge is 2.08. The zero-order valence-corrected chi connectivity index (χ0v) is 11.2. The molecule has 0 spiro atoms. The predicted octanol–water partition coefficient (Wildman–Crippen LogP) is 3.34. The van der Waals surface area contributed by atoms with Crippen molar-refractivity contribution in [1.82, 2.24) is 4.98 Å². The van der Waals surface area contributed by atoms with Gasteiger partial charge in [0.25, 0.3) is 0 Å². The monoisotopic (exact) mass is 240 g/mol. The lowest BCUT2D eigenvalue weighted by atomic mass is 10.4. The molecule has 0 aromatic carbocycles. The molecule has 4 heteroatoms. The Balaban J connectivity index is 2.80. The fraction of sp³-hybridized carbons (Fsp3) is 0.583. The van der Waals surface area contributed by atoms with Crippen LogP contribution in [0.15, 0.2) is 17.2 Å². The number of nitrogen functional groups attached to an aromatic ring is 1. The maximum absolute atomic E-state index is 5.80. The number of hydrogen-bond donors (Lipinski definition) is 1. The normalized spacial score (nSPS) is 12.8. The first-order valence-electron chi connectivity index (χ1n) is 5.62. The average Bonchev–Trinajstić information content (AvgIpc) is 2.22. The predicted molar refractivity (Wildman–Crippen MR) is 70.0 cm³/mol. The zero-order valence-electron chi connectivity index (χ0n) is 10.4. The van der Waals surface area contributed by atoms with E-state index in [1.165, 1.54) is 0 Å². The Bertz CT molecular complexity index is 342. The van der Waals surface area contributed by atoms with Gasteiger partial charge >= 0.3 is 0 Å². The van der Waals surface area contributed by atoms with Gasteiger partial charge in [0.15, 0.2) is 0 Å². The average molecular weight is 240 g/mol. The molecular weight excluding hydrogens is 220 g/mol. The van der Waals surface area contributed by atoms with Crippen molar-refractivity contribution in [2.75, 3.05) is 5.73 Å². The molecule has 1 rings (SSSR count). The first kappa shape index (κ1) is 13.2. The van der Waals surface area contributed by atoms with Crippen LogP contribution >= 0.6 is 11.8 Å². The van der Waals surface area contributed by atoms with E-state index < -0.39 is 0 Å². The van der Waals surface area contributed by atoms with E-state index in [2.05, 4.69) is 18.8 Å². The second-order valence-electron chi connectivity index (χ2n) is 4.05. The van der Waals surface area contributed by atoms with Crippen molar-refractivity contribution in [2.24, 2.45) is 0 Å². The van der Waals surface area contributed by atoms with Gasteiger partial charge in [-0.05, 0) is 32.4 Å². The van der Waals surface area contributed by atoms with E-state index in [0.717, 1.165) is 11.4 Å². The lowest BCUT2D eigenvalue weighted by molar-refractivity contribution is 0.232. The number of aromatic nitrogens is 1. The van der Waals surface area contributed by atoms with Crippen LogP contribution in [0.2, 0.25) is 0 Å². The summed E-state index contributed by atoms with van der Waals surface area (Å²) in [5.41, 5.74) is 6.40. The molecule has 0 aliphatic carbocycles. The van der Waals surface area contributed by atoms with Gasteiger partial charge in [0.1, 0.15) is 5.03 Å². The van der Waals surface area contributed by atoms with Gasteiger partial charge < -0.3 is 10.5 Å². The maximum atomic E-state index is 5.80. The van der Waals surface area contributed by atoms with Gasteiger partial charge in [0, 0.05) is 5.25 Å². The van der Waals surface area contributed by atoms with Crippen LogP contribution in [0.3, 0.4) is 0 Å². The van der Waals surface area contributed by atoms with Crippen molar-refractivity contribution in [3.63, 3.8) is 0 Å². The van der Waals surface area contributed by atoms with E-state index in [-0.39, 0.29) is 6.10 Å². The third-order valence-corrected chi connectivity index (χ3v) is 3.31. The summed E-state index contributed by atoms with van der Waals surface area (Å²) in [4.78, 5) is 4.42. The molecule has 0 amide bonds. The van der Waals surface area contributed by atoms with Crippen molar-refractivity contribution in [2.45, 2.75) is 50.5 Å². The zero-order chi connectivity index (χ0) is 12.1. The minimum Gasteiger partial charge on any atom is -0.473 e. The second kappa shape index (κ2) is 5.99. The number of nitrogens with two attached hydrogens (primary N) is 1. The Morgan fingerprint density at radius 1 is 1.38 bits per heavy atom. The molecule has 1 heterocycles. The number of rotatable bonds is 5. The van der Waals surface area contributed by atoms with Gasteiger partial charge in [-0.3, -0.25) is 0 Å². The SMILES string of the molecule is CCC(C)Sc1ccc(N)c(OC(C)C)n1. The highest BCUT2D eigenvalue weighted by Crippen LogP contribution is 2.28. The molecule has 1 aromatic rings. The highest BCUT2D eigenvalue weighted by molar-refractivity contribution is 7.99. The van der Waals surface area contributed by atoms with Crippen LogP contribution in [0.5, 0.6) is 5.88 Å². The van der Waals surface area contributed by atoms with E-state index in [4.69, 9.17) is 10.5 Å². The Morgan fingerprint density at radius 2 is 2.06 bits per heavy atom. The fourth-order valence-corrected chi connectivity index (χ4v) is 1.97. The van der Waals surface area contributed by atoms with E-state index in [1.807, 2.05) is 26.0 Å². The van der Waals surface area contributed by atoms with Crippen LogP contribution in [-0.4, -0.2) is 16.3 Å². The lowest BCUT2D eigenvalue weighted by Crippen LogP contribution is -2.09. The molecule has 2 N–H and O–H groups in total. The molecule has 1 unspecified atom stereocenters. The molecule has 3 nitrogen and oxygen atoms in total. The van der Waals surface area contributed by atoms with E-state index in [1.54, 1.807) is 11.8 Å².